The van der Waals surface area contributed by atoms with E-state index in [0.29, 0.717) is 38.3 Å². The molecule has 2 N–H and O–H groups in total. The van der Waals surface area contributed by atoms with Crippen molar-refractivity contribution in [2.45, 2.75) is 57.5 Å². The molecule has 0 saturated carbocycles. The van der Waals surface area contributed by atoms with Crippen LogP contribution in [-0.2, 0) is 33.6 Å². The van der Waals surface area contributed by atoms with Crippen LogP contribution in [-0.4, -0.2) is 52.7 Å². The maximum atomic E-state index is 14.1. The van der Waals surface area contributed by atoms with Gasteiger partial charge in [-0.1, -0.05) is 98.8 Å². The van der Waals surface area contributed by atoms with Crippen LogP contribution >= 0.6 is 0 Å². The van der Waals surface area contributed by atoms with Crippen LogP contribution in [0.25, 0.3) is 0 Å². The highest BCUT2D eigenvalue weighted by Crippen LogP contribution is 2.23. The van der Waals surface area contributed by atoms with E-state index in [4.69, 9.17) is 5.73 Å². The molecule has 1 saturated heterocycles. The van der Waals surface area contributed by atoms with E-state index in [9.17, 15) is 14.4 Å². The third-order valence-electron chi connectivity index (χ3n) is 7.38. The second kappa shape index (κ2) is 12.5. The molecule has 38 heavy (non-hydrogen) atoms. The van der Waals surface area contributed by atoms with Crippen LogP contribution in [0.1, 0.15) is 48.4 Å². The highest BCUT2D eigenvalue weighted by Gasteiger charge is 2.42. The third kappa shape index (κ3) is 6.68. The van der Waals surface area contributed by atoms with E-state index >= 15 is 0 Å². The highest BCUT2D eigenvalue weighted by molar-refractivity contribution is 5.97. The lowest BCUT2D eigenvalue weighted by Crippen LogP contribution is -2.53. The fraction of sp³-hybridized carbons (Fsp3) is 0.344. The van der Waals surface area contributed by atoms with Crippen molar-refractivity contribution < 1.29 is 14.4 Å². The van der Waals surface area contributed by atoms with E-state index < -0.39 is 18.0 Å². The fourth-order valence-electron chi connectivity index (χ4n) is 5.09. The molecule has 0 radical (unpaired) electrons. The molecule has 1 heterocycles. The normalized spacial score (nSPS) is 18.1. The van der Waals surface area contributed by atoms with Crippen molar-refractivity contribution >= 4 is 17.7 Å². The Morgan fingerprint density at radius 3 is 1.87 bits per heavy atom. The highest BCUT2D eigenvalue weighted by atomic mass is 16.2. The number of hydrogen-bond donors (Lipinski definition) is 1. The number of nitrogens with two attached hydrogens (primary N) is 1. The van der Waals surface area contributed by atoms with Gasteiger partial charge in [0.2, 0.25) is 17.7 Å². The lowest BCUT2D eigenvalue weighted by molar-refractivity contribution is -0.143. The molecule has 3 aromatic carbocycles. The molecule has 1 aliphatic rings. The van der Waals surface area contributed by atoms with E-state index in [0.717, 1.165) is 16.7 Å². The van der Waals surface area contributed by atoms with Gasteiger partial charge in [0.25, 0.3) is 0 Å². The molecule has 6 nitrogen and oxygen atoms in total. The number of carbonyl (C=O) groups is 3. The summed E-state index contributed by atoms with van der Waals surface area (Å²) < 4.78 is 0. The predicted molar refractivity (Wildman–Crippen MR) is 149 cm³/mol. The van der Waals surface area contributed by atoms with Crippen LogP contribution in [0, 0.1) is 0 Å². The standard InChI is InChI=1S/C32H37N3O3/c1-23(2)27-15-13-25(14-16-27)18-20-35-28(31(33)37)22-30(36)34(19-17-24-9-5-3-6-10-24)29(32(35)38)21-26-11-7-4-8-12-26/h3-16,23,28-29H,17-22H2,1-2H3,(H2,33,37). The summed E-state index contributed by atoms with van der Waals surface area (Å²) in [6.07, 6.45) is 1.47. The number of amides is 3. The minimum absolute atomic E-state index is 0.104. The summed E-state index contributed by atoms with van der Waals surface area (Å²) >= 11 is 0. The van der Waals surface area contributed by atoms with Gasteiger partial charge in [0, 0.05) is 19.5 Å². The zero-order valence-electron chi connectivity index (χ0n) is 22.3. The Bertz CT molecular complexity index is 1230. The summed E-state index contributed by atoms with van der Waals surface area (Å²) in [7, 11) is 0. The van der Waals surface area contributed by atoms with Crippen molar-refractivity contribution in [1.82, 2.24) is 9.80 Å². The summed E-state index contributed by atoms with van der Waals surface area (Å²) in [5, 5.41) is 0. The van der Waals surface area contributed by atoms with E-state index in [1.54, 1.807) is 9.80 Å². The summed E-state index contributed by atoms with van der Waals surface area (Å²) in [4.78, 5) is 43.4. The second-order valence-electron chi connectivity index (χ2n) is 10.3. The van der Waals surface area contributed by atoms with Gasteiger partial charge in [0.05, 0.1) is 6.42 Å². The SMILES string of the molecule is CC(C)c1ccc(CCN2C(=O)C(Cc3ccccc3)N(CCc3ccccc3)C(=O)CC2C(N)=O)cc1. The summed E-state index contributed by atoms with van der Waals surface area (Å²) in [5.41, 5.74) is 10.1. The van der Waals surface area contributed by atoms with Gasteiger partial charge < -0.3 is 15.5 Å². The summed E-state index contributed by atoms with van der Waals surface area (Å²) in [6.45, 7) is 5.01. The fourth-order valence-corrected chi connectivity index (χ4v) is 5.09. The molecule has 0 bridgehead atoms. The average molecular weight is 512 g/mol. The second-order valence-corrected chi connectivity index (χ2v) is 10.3. The first kappa shape index (κ1) is 27.1. The zero-order valence-corrected chi connectivity index (χ0v) is 22.3. The van der Waals surface area contributed by atoms with E-state index in [2.05, 4.69) is 38.1 Å². The van der Waals surface area contributed by atoms with Crippen molar-refractivity contribution in [1.29, 1.82) is 0 Å². The van der Waals surface area contributed by atoms with Gasteiger partial charge in [0.15, 0.2) is 0 Å². The van der Waals surface area contributed by atoms with Gasteiger partial charge in [-0.2, -0.15) is 0 Å². The lowest BCUT2D eigenvalue weighted by Gasteiger charge is -2.32. The first-order chi connectivity index (χ1) is 18.3. The molecule has 0 aliphatic carbocycles. The van der Waals surface area contributed by atoms with Crippen molar-refractivity contribution in [3.05, 3.63) is 107 Å². The molecule has 1 fully saturated rings. The molecule has 0 spiro atoms. The van der Waals surface area contributed by atoms with Gasteiger partial charge in [-0.25, -0.2) is 0 Å². The van der Waals surface area contributed by atoms with Gasteiger partial charge in [0.1, 0.15) is 12.1 Å². The van der Waals surface area contributed by atoms with Crippen LogP contribution in [0.2, 0.25) is 0 Å². The van der Waals surface area contributed by atoms with E-state index in [1.807, 2.05) is 60.7 Å². The van der Waals surface area contributed by atoms with Crippen LogP contribution in [0.4, 0.5) is 0 Å². The Morgan fingerprint density at radius 2 is 1.32 bits per heavy atom. The molecule has 2 atom stereocenters. The molecule has 3 aromatic rings. The molecule has 3 amide bonds. The molecule has 6 heteroatoms. The average Bonchev–Trinajstić information content (AvgIpc) is 3.02. The Kier molecular flexibility index (Phi) is 8.95. The topological polar surface area (TPSA) is 83.7 Å². The van der Waals surface area contributed by atoms with Gasteiger partial charge in [-0.05, 0) is 41.0 Å². The largest absolute Gasteiger partial charge is 0.368 e. The number of carbonyl (C=O) groups excluding carboxylic acids is 3. The van der Waals surface area contributed by atoms with Crippen LogP contribution in [0.15, 0.2) is 84.9 Å². The maximum Gasteiger partial charge on any atom is 0.246 e. The molecule has 4 rings (SSSR count). The zero-order chi connectivity index (χ0) is 27.1. The Hall–Kier alpha value is -3.93. The van der Waals surface area contributed by atoms with Crippen molar-refractivity contribution in [3.8, 4) is 0 Å². The molecule has 198 valence electrons. The van der Waals surface area contributed by atoms with Gasteiger partial charge in [-0.15, -0.1) is 0 Å². The monoisotopic (exact) mass is 511 g/mol. The lowest BCUT2D eigenvalue weighted by atomic mass is 10.00. The number of hydrogen-bond acceptors (Lipinski definition) is 3. The predicted octanol–water partition coefficient (Wildman–Crippen LogP) is 4.12. The molecular formula is C32H37N3O3. The quantitative estimate of drug-likeness (QED) is 0.444. The minimum Gasteiger partial charge on any atom is -0.368 e. The smallest absolute Gasteiger partial charge is 0.246 e. The first-order valence-corrected chi connectivity index (χ1v) is 13.4. The Morgan fingerprint density at radius 1 is 0.789 bits per heavy atom. The number of benzene rings is 3. The third-order valence-corrected chi connectivity index (χ3v) is 7.38. The Balaban J connectivity index is 1.61. The first-order valence-electron chi connectivity index (χ1n) is 13.4. The summed E-state index contributed by atoms with van der Waals surface area (Å²) in [5.74, 6) is -0.662. The molecule has 0 aromatic heterocycles. The van der Waals surface area contributed by atoms with Gasteiger partial charge >= 0.3 is 0 Å². The van der Waals surface area contributed by atoms with Crippen LogP contribution in [0.3, 0.4) is 0 Å². The Labute approximate surface area is 225 Å². The molecular weight excluding hydrogens is 474 g/mol. The van der Waals surface area contributed by atoms with Crippen molar-refractivity contribution in [2.75, 3.05) is 13.1 Å². The maximum absolute atomic E-state index is 14.1. The molecule has 2 unspecified atom stereocenters. The minimum atomic E-state index is -0.968. The number of nitrogens with zero attached hydrogens (tertiary/aromatic N) is 2. The summed E-state index contributed by atoms with van der Waals surface area (Å²) in [6, 6.07) is 26.3. The van der Waals surface area contributed by atoms with Crippen molar-refractivity contribution in [3.63, 3.8) is 0 Å². The van der Waals surface area contributed by atoms with Crippen molar-refractivity contribution in [2.24, 2.45) is 5.73 Å². The number of primary amides is 1. The van der Waals surface area contributed by atoms with Crippen LogP contribution < -0.4 is 5.73 Å². The van der Waals surface area contributed by atoms with E-state index in [1.165, 1.54) is 5.56 Å². The number of rotatable bonds is 10. The van der Waals surface area contributed by atoms with Gasteiger partial charge in [-0.3, -0.25) is 14.4 Å². The van der Waals surface area contributed by atoms with Crippen LogP contribution in [0.5, 0.6) is 0 Å². The van der Waals surface area contributed by atoms with E-state index in [-0.39, 0.29) is 18.2 Å². The molecule has 1 aliphatic heterocycles.